The molecule has 1 unspecified atom stereocenters. The normalized spacial score (nSPS) is 14.4. The molecule has 1 atom stereocenters. The van der Waals surface area contributed by atoms with E-state index in [1.54, 1.807) is 30.3 Å². The summed E-state index contributed by atoms with van der Waals surface area (Å²) in [5.41, 5.74) is 0.835. The van der Waals surface area contributed by atoms with E-state index in [9.17, 15) is 26.3 Å². The number of hydrogen-bond acceptors (Lipinski definition) is 1. The molecular weight excluding hydrogens is 274 g/mol. The molecule has 0 heterocycles. The number of ether oxygens (including phenoxy) is 1. The Bertz CT molecular complexity index is 376. The second kappa shape index (κ2) is 6.27. The third-order valence-electron chi connectivity index (χ3n) is 2.33. The molecule has 0 bridgehead atoms. The smallest absolute Gasteiger partial charge is 0.318 e. The van der Waals surface area contributed by atoms with Crippen molar-refractivity contribution in [2.45, 2.75) is 31.3 Å². The molecule has 0 N–H and O–H groups in total. The van der Waals surface area contributed by atoms with Gasteiger partial charge in [0.25, 0.3) is 6.17 Å². The molecule has 0 spiro atoms. The van der Waals surface area contributed by atoms with Crippen molar-refractivity contribution < 1.29 is 31.1 Å². The maximum atomic E-state index is 12.7. The minimum atomic E-state index is -5.64. The number of aryl methyl sites for hydroxylation is 1. The van der Waals surface area contributed by atoms with Crippen molar-refractivity contribution in [2.24, 2.45) is 0 Å². The third-order valence-corrected chi connectivity index (χ3v) is 2.33. The van der Waals surface area contributed by atoms with Crippen molar-refractivity contribution in [1.29, 1.82) is 0 Å². The standard InChI is InChI=1S/C12H12F6O/c13-10(11(14,15)16)12(17,18)19-8-4-7-9-5-2-1-3-6-9/h1-3,5-6,10H,4,7-8H2. The number of alkyl halides is 6. The van der Waals surface area contributed by atoms with Crippen LogP contribution >= 0.6 is 0 Å². The molecule has 7 heteroatoms. The fourth-order valence-corrected chi connectivity index (χ4v) is 1.39. The first-order chi connectivity index (χ1) is 8.73. The van der Waals surface area contributed by atoms with Crippen LogP contribution in [0.4, 0.5) is 26.3 Å². The molecule has 1 nitrogen and oxygen atoms in total. The van der Waals surface area contributed by atoms with Gasteiger partial charge in [-0.1, -0.05) is 30.3 Å². The molecule has 19 heavy (non-hydrogen) atoms. The lowest BCUT2D eigenvalue weighted by Crippen LogP contribution is -2.43. The second-order valence-corrected chi connectivity index (χ2v) is 3.90. The van der Waals surface area contributed by atoms with E-state index in [2.05, 4.69) is 4.74 Å². The van der Waals surface area contributed by atoms with Crippen molar-refractivity contribution >= 4 is 0 Å². The summed E-state index contributed by atoms with van der Waals surface area (Å²) in [4.78, 5) is 0. The zero-order valence-corrected chi connectivity index (χ0v) is 9.76. The van der Waals surface area contributed by atoms with Gasteiger partial charge in [0.1, 0.15) is 0 Å². The highest BCUT2D eigenvalue weighted by Gasteiger charge is 2.58. The first-order valence-corrected chi connectivity index (χ1v) is 5.50. The van der Waals surface area contributed by atoms with Crippen LogP contribution in [0.2, 0.25) is 0 Å². The molecule has 1 rings (SSSR count). The minimum absolute atomic E-state index is 0.0736. The van der Waals surface area contributed by atoms with E-state index in [0.717, 1.165) is 5.56 Å². The highest BCUT2D eigenvalue weighted by molar-refractivity contribution is 5.14. The molecule has 0 aliphatic heterocycles. The molecule has 0 saturated carbocycles. The van der Waals surface area contributed by atoms with E-state index >= 15 is 0 Å². The zero-order valence-electron chi connectivity index (χ0n) is 9.76. The number of hydrogen-bond donors (Lipinski definition) is 0. The van der Waals surface area contributed by atoms with E-state index in [1.807, 2.05) is 0 Å². The van der Waals surface area contributed by atoms with Gasteiger partial charge in [-0.2, -0.15) is 22.0 Å². The van der Waals surface area contributed by atoms with Gasteiger partial charge in [-0.3, -0.25) is 0 Å². The van der Waals surface area contributed by atoms with Gasteiger partial charge in [-0.05, 0) is 18.4 Å². The fourth-order valence-electron chi connectivity index (χ4n) is 1.39. The highest BCUT2D eigenvalue weighted by Crippen LogP contribution is 2.35. The lowest BCUT2D eigenvalue weighted by Gasteiger charge is -2.22. The predicted octanol–water partition coefficient (Wildman–Crippen LogP) is 4.13. The van der Waals surface area contributed by atoms with Crippen LogP contribution in [0.3, 0.4) is 0 Å². The van der Waals surface area contributed by atoms with Gasteiger partial charge in [-0.25, -0.2) is 4.39 Å². The Hall–Kier alpha value is -1.24. The Morgan fingerprint density at radius 3 is 2.11 bits per heavy atom. The predicted molar refractivity (Wildman–Crippen MR) is 56.6 cm³/mol. The number of benzene rings is 1. The molecule has 108 valence electrons. The molecule has 0 fully saturated rings. The molecule has 0 aliphatic rings. The van der Waals surface area contributed by atoms with E-state index in [-0.39, 0.29) is 6.42 Å². The molecule has 0 aliphatic carbocycles. The summed E-state index contributed by atoms with van der Waals surface area (Å²) < 4.78 is 76.9. The van der Waals surface area contributed by atoms with Crippen LogP contribution in [-0.2, 0) is 11.2 Å². The molecule has 1 aromatic carbocycles. The Balaban J connectivity index is 2.36. The van der Waals surface area contributed by atoms with Crippen molar-refractivity contribution in [3.05, 3.63) is 35.9 Å². The quantitative estimate of drug-likeness (QED) is 0.564. The minimum Gasteiger partial charge on any atom is -0.318 e. The van der Waals surface area contributed by atoms with Crippen LogP contribution in [0.25, 0.3) is 0 Å². The molecule has 1 aromatic rings. The van der Waals surface area contributed by atoms with E-state index in [4.69, 9.17) is 0 Å². The SMILES string of the molecule is FC(C(F)(F)F)C(F)(F)OCCCc1ccccc1. The third kappa shape index (κ3) is 5.10. The van der Waals surface area contributed by atoms with Crippen LogP contribution in [0.15, 0.2) is 30.3 Å². The average Bonchev–Trinajstić information content (AvgIpc) is 2.34. The van der Waals surface area contributed by atoms with Crippen molar-refractivity contribution in [2.75, 3.05) is 6.61 Å². The van der Waals surface area contributed by atoms with Crippen LogP contribution in [0, 0.1) is 0 Å². The molecule has 0 radical (unpaired) electrons. The Morgan fingerprint density at radius 2 is 1.58 bits per heavy atom. The molecule has 0 saturated heterocycles. The lowest BCUT2D eigenvalue weighted by atomic mass is 10.1. The van der Waals surface area contributed by atoms with Crippen molar-refractivity contribution in [3.8, 4) is 0 Å². The summed E-state index contributed by atoms with van der Waals surface area (Å²) >= 11 is 0. The van der Waals surface area contributed by atoms with Crippen LogP contribution in [0.5, 0.6) is 0 Å². The maximum Gasteiger partial charge on any atom is 0.428 e. The van der Waals surface area contributed by atoms with E-state index in [0.29, 0.717) is 6.42 Å². The van der Waals surface area contributed by atoms with Gasteiger partial charge in [0.05, 0.1) is 6.61 Å². The van der Waals surface area contributed by atoms with Crippen molar-refractivity contribution in [3.63, 3.8) is 0 Å². The summed E-state index contributed by atoms with van der Waals surface area (Å²) in [7, 11) is 0. The summed E-state index contributed by atoms with van der Waals surface area (Å²) in [6, 6.07) is 8.74. The fraction of sp³-hybridized carbons (Fsp3) is 0.500. The van der Waals surface area contributed by atoms with Gasteiger partial charge < -0.3 is 4.74 Å². The van der Waals surface area contributed by atoms with Crippen LogP contribution < -0.4 is 0 Å². The van der Waals surface area contributed by atoms with Gasteiger partial charge in [0.2, 0.25) is 0 Å². The number of rotatable bonds is 6. The van der Waals surface area contributed by atoms with E-state index < -0.39 is 25.1 Å². The maximum absolute atomic E-state index is 12.7. The summed E-state index contributed by atoms with van der Waals surface area (Å²) in [6.45, 7) is -0.654. The lowest BCUT2D eigenvalue weighted by molar-refractivity contribution is -0.335. The molecule has 0 amide bonds. The Kier molecular flexibility index (Phi) is 5.22. The highest BCUT2D eigenvalue weighted by atomic mass is 19.4. The van der Waals surface area contributed by atoms with Crippen LogP contribution in [-0.4, -0.2) is 25.1 Å². The first kappa shape index (κ1) is 15.8. The van der Waals surface area contributed by atoms with E-state index in [1.165, 1.54) is 0 Å². The summed E-state index contributed by atoms with van der Waals surface area (Å²) in [5.74, 6) is 0. The average molecular weight is 286 g/mol. The summed E-state index contributed by atoms with van der Waals surface area (Å²) in [5, 5.41) is 0. The Morgan fingerprint density at radius 1 is 1.00 bits per heavy atom. The first-order valence-electron chi connectivity index (χ1n) is 5.50. The van der Waals surface area contributed by atoms with Gasteiger partial charge >= 0.3 is 12.3 Å². The Labute approximate surface area is 106 Å². The van der Waals surface area contributed by atoms with Crippen molar-refractivity contribution in [1.82, 2.24) is 0 Å². The topological polar surface area (TPSA) is 9.23 Å². The van der Waals surface area contributed by atoms with Gasteiger partial charge in [-0.15, -0.1) is 0 Å². The van der Waals surface area contributed by atoms with Gasteiger partial charge in [0.15, 0.2) is 0 Å². The monoisotopic (exact) mass is 286 g/mol. The van der Waals surface area contributed by atoms with Gasteiger partial charge in [0, 0.05) is 0 Å². The molecule has 0 aromatic heterocycles. The van der Waals surface area contributed by atoms with Crippen LogP contribution in [0.1, 0.15) is 12.0 Å². The largest absolute Gasteiger partial charge is 0.428 e. The zero-order chi connectivity index (χ0) is 14.5. The second-order valence-electron chi connectivity index (χ2n) is 3.90. The number of halogens is 6. The molecular formula is C12H12F6O. The summed E-state index contributed by atoms with van der Waals surface area (Å²) in [6.07, 6.45) is -14.4.